The monoisotopic (exact) mass is 271 g/mol. The van der Waals surface area contributed by atoms with Gasteiger partial charge in [0, 0.05) is 19.4 Å². The van der Waals surface area contributed by atoms with Crippen LogP contribution in [-0.4, -0.2) is 41.9 Å². The van der Waals surface area contributed by atoms with Gasteiger partial charge in [0.05, 0.1) is 11.6 Å². The van der Waals surface area contributed by atoms with E-state index in [4.69, 9.17) is 4.74 Å². The van der Waals surface area contributed by atoms with Crippen molar-refractivity contribution in [3.8, 4) is 0 Å². The topological polar surface area (TPSA) is 46.6 Å². The fourth-order valence-corrected chi connectivity index (χ4v) is 3.02. The molecular formula is C16H17NO3. The molecule has 1 aliphatic heterocycles. The van der Waals surface area contributed by atoms with Crippen LogP contribution in [0.15, 0.2) is 42.5 Å². The van der Waals surface area contributed by atoms with Crippen molar-refractivity contribution in [3.63, 3.8) is 0 Å². The van der Waals surface area contributed by atoms with E-state index in [1.54, 1.807) is 24.3 Å². The second-order valence-corrected chi connectivity index (χ2v) is 5.46. The number of likely N-dealkylation sites (N-methyl/N-ethyl adjacent to an activating group) is 1. The van der Waals surface area contributed by atoms with Gasteiger partial charge in [0.15, 0.2) is 5.78 Å². The lowest BCUT2D eigenvalue weighted by Gasteiger charge is -2.36. The van der Waals surface area contributed by atoms with E-state index >= 15 is 0 Å². The molecule has 0 bridgehead atoms. The highest BCUT2D eigenvalue weighted by atomic mass is 16.6. The second-order valence-electron chi connectivity index (χ2n) is 5.46. The van der Waals surface area contributed by atoms with Gasteiger partial charge >= 0.3 is 5.97 Å². The normalized spacial score (nSPS) is 29.2. The zero-order chi connectivity index (χ0) is 14.2. The van der Waals surface area contributed by atoms with E-state index < -0.39 is 5.60 Å². The third-order valence-corrected chi connectivity index (χ3v) is 4.19. The Labute approximate surface area is 118 Å². The van der Waals surface area contributed by atoms with E-state index in [1.165, 1.54) is 0 Å². The molecule has 0 radical (unpaired) electrons. The molecule has 2 atom stereocenters. The number of fused-ring (bicyclic) bond motifs is 1. The zero-order valence-corrected chi connectivity index (χ0v) is 11.4. The summed E-state index contributed by atoms with van der Waals surface area (Å²) in [5, 5.41) is 0. The molecule has 1 aliphatic carbocycles. The SMILES string of the molecule is CN1CC[C@]2(OC(=O)c3ccccc3)C=CC(=O)C[C@H]12. The standard InChI is InChI=1S/C16H17NO3/c1-17-10-9-16(8-7-13(18)11-14(16)17)20-15(19)12-5-3-2-4-6-12/h2-8,14H,9-11H2,1H3/t14-,16+/m0/s1. The van der Waals surface area contributed by atoms with Crippen molar-refractivity contribution in [3.05, 3.63) is 48.0 Å². The summed E-state index contributed by atoms with van der Waals surface area (Å²) in [7, 11) is 1.97. The molecule has 104 valence electrons. The van der Waals surface area contributed by atoms with E-state index in [2.05, 4.69) is 4.90 Å². The maximum atomic E-state index is 12.3. The van der Waals surface area contributed by atoms with E-state index in [0.717, 1.165) is 13.0 Å². The Bertz CT molecular complexity index is 566. The number of ether oxygens (including phenoxy) is 1. The molecule has 0 spiro atoms. The van der Waals surface area contributed by atoms with Crippen LogP contribution < -0.4 is 0 Å². The first-order valence-electron chi connectivity index (χ1n) is 6.81. The minimum atomic E-state index is -0.657. The van der Waals surface area contributed by atoms with Crippen LogP contribution in [0.3, 0.4) is 0 Å². The fourth-order valence-electron chi connectivity index (χ4n) is 3.02. The highest BCUT2D eigenvalue weighted by Crippen LogP contribution is 2.38. The molecule has 4 heteroatoms. The highest BCUT2D eigenvalue weighted by molar-refractivity contribution is 5.93. The molecule has 0 saturated carbocycles. The van der Waals surface area contributed by atoms with E-state index in [0.29, 0.717) is 12.0 Å². The lowest BCUT2D eigenvalue weighted by molar-refractivity contribution is -0.118. The van der Waals surface area contributed by atoms with Gasteiger partial charge < -0.3 is 4.74 Å². The fraction of sp³-hybridized carbons (Fsp3) is 0.375. The Morgan fingerprint density at radius 3 is 2.85 bits per heavy atom. The van der Waals surface area contributed by atoms with Gasteiger partial charge in [-0.25, -0.2) is 4.79 Å². The van der Waals surface area contributed by atoms with Crippen LogP contribution in [0.1, 0.15) is 23.2 Å². The molecule has 3 rings (SSSR count). The van der Waals surface area contributed by atoms with E-state index in [-0.39, 0.29) is 17.8 Å². The predicted octanol–water partition coefficient (Wildman–Crippen LogP) is 1.82. The smallest absolute Gasteiger partial charge is 0.339 e. The van der Waals surface area contributed by atoms with Crippen molar-refractivity contribution < 1.29 is 14.3 Å². The van der Waals surface area contributed by atoms with Crippen molar-refractivity contribution >= 4 is 11.8 Å². The number of carbonyl (C=O) groups is 2. The van der Waals surface area contributed by atoms with Gasteiger partial charge in [0.25, 0.3) is 0 Å². The van der Waals surface area contributed by atoms with Crippen LogP contribution in [0.25, 0.3) is 0 Å². The number of benzene rings is 1. The first-order valence-corrected chi connectivity index (χ1v) is 6.81. The Kier molecular flexibility index (Phi) is 3.18. The molecule has 1 fully saturated rings. The number of hydrogen-bond acceptors (Lipinski definition) is 4. The summed E-state index contributed by atoms with van der Waals surface area (Å²) in [6.45, 7) is 0.824. The Hall–Kier alpha value is -1.94. The van der Waals surface area contributed by atoms with Crippen LogP contribution in [0.2, 0.25) is 0 Å². The Balaban J connectivity index is 1.86. The molecule has 20 heavy (non-hydrogen) atoms. The van der Waals surface area contributed by atoms with Crippen molar-refractivity contribution in [1.29, 1.82) is 0 Å². The van der Waals surface area contributed by atoms with Crippen molar-refractivity contribution in [2.45, 2.75) is 24.5 Å². The zero-order valence-electron chi connectivity index (χ0n) is 11.4. The number of ketones is 1. The Morgan fingerprint density at radius 1 is 1.35 bits per heavy atom. The van der Waals surface area contributed by atoms with Gasteiger partial charge in [-0.3, -0.25) is 9.69 Å². The molecule has 0 amide bonds. The molecule has 1 heterocycles. The molecule has 0 unspecified atom stereocenters. The van der Waals surface area contributed by atoms with Gasteiger partial charge in [0.2, 0.25) is 0 Å². The summed E-state index contributed by atoms with van der Waals surface area (Å²) in [5.74, 6) is -0.236. The van der Waals surface area contributed by atoms with E-state index in [1.807, 2.05) is 25.2 Å². The number of nitrogens with zero attached hydrogens (tertiary/aromatic N) is 1. The average molecular weight is 271 g/mol. The molecule has 0 aromatic heterocycles. The third kappa shape index (κ3) is 2.16. The Morgan fingerprint density at radius 2 is 2.10 bits per heavy atom. The molecular weight excluding hydrogens is 254 g/mol. The summed E-state index contributed by atoms with van der Waals surface area (Å²) in [6, 6.07) is 8.92. The van der Waals surface area contributed by atoms with Crippen molar-refractivity contribution in [2.75, 3.05) is 13.6 Å². The summed E-state index contributed by atoms with van der Waals surface area (Å²) < 4.78 is 5.79. The summed E-state index contributed by atoms with van der Waals surface area (Å²) >= 11 is 0. The number of esters is 1. The number of rotatable bonds is 2. The van der Waals surface area contributed by atoms with Gasteiger partial charge in [-0.05, 0) is 31.3 Å². The third-order valence-electron chi connectivity index (χ3n) is 4.19. The van der Waals surface area contributed by atoms with Crippen LogP contribution >= 0.6 is 0 Å². The summed E-state index contributed by atoms with van der Waals surface area (Å²) in [6.07, 6.45) is 4.47. The van der Waals surface area contributed by atoms with Gasteiger partial charge in [-0.15, -0.1) is 0 Å². The van der Waals surface area contributed by atoms with Crippen LogP contribution in [0.4, 0.5) is 0 Å². The maximum Gasteiger partial charge on any atom is 0.339 e. The summed E-state index contributed by atoms with van der Waals surface area (Å²) in [4.78, 5) is 26.0. The first kappa shape index (κ1) is 13.1. The van der Waals surface area contributed by atoms with Gasteiger partial charge in [-0.2, -0.15) is 0 Å². The minimum Gasteiger partial charge on any atom is -0.449 e. The first-order chi connectivity index (χ1) is 9.61. The molecule has 1 aromatic rings. The second kappa shape index (κ2) is 4.87. The van der Waals surface area contributed by atoms with Crippen LogP contribution in [0.5, 0.6) is 0 Å². The number of likely N-dealkylation sites (tertiary alicyclic amines) is 1. The lowest BCUT2D eigenvalue weighted by Crippen LogP contribution is -2.48. The molecule has 1 saturated heterocycles. The van der Waals surface area contributed by atoms with Crippen molar-refractivity contribution in [2.24, 2.45) is 0 Å². The minimum absolute atomic E-state index is 0.0485. The van der Waals surface area contributed by atoms with Gasteiger partial charge in [0.1, 0.15) is 5.60 Å². The molecule has 0 N–H and O–H groups in total. The summed E-state index contributed by atoms with van der Waals surface area (Å²) in [5.41, 5.74) is -0.115. The van der Waals surface area contributed by atoms with Crippen LogP contribution in [0, 0.1) is 0 Å². The van der Waals surface area contributed by atoms with Gasteiger partial charge in [-0.1, -0.05) is 18.2 Å². The molecule has 4 nitrogen and oxygen atoms in total. The lowest BCUT2D eigenvalue weighted by atomic mass is 9.85. The number of allylic oxidation sites excluding steroid dienone is 1. The number of hydrogen-bond donors (Lipinski definition) is 0. The maximum absolute atomic E-state index is 12.3. The molecule has 1 aromatic carbocycles. The average Bonchev–Trinajstić information content (AvgIpc) is 2.78. The highest BCUT2D eigenvalue weighted by Gasteiger charge is 2.50. The predicted molar refractivity (Wildman–Crippen MR) is 74.4 cm³/mol. The largest absolute Gasteiger partial charge is 0.449 e. The quantitative estimate of drug-likeness (QED) is 0.770. The molecule has 2 aliphatic rings. The van der Waals surface area contributed by atoms with Crippen LogP contribution in [-0.2, 0) is 9.53 Å². The van der Waals surface area contributed by atoms with Crippen molar-refractivity contribution in [1.82, 2.24) is 4.90 Å². The van der Waals surface area contributed by atoms with E-state index in [9.17, 15) is 9.59 Å². The number of carbonyl (C=O) groups excluding carboxylic acids is 2.